The van der Waals surface area contributed by atoms with Gasteiger partial charge in [-0.1, -0.05) is 6.42 Å². The molecule has 3 atom stereocenters. The Morgan fingerprint density at radius 2 is 1.67 bits per heavy atom. The minimum absolute atomic E-state index is 0.105. The first kappa shape index (κ1) is 23.2. The number of carbonyl (C=O) groups excluding carboxylic acids is 3. The summed E-state index contributed by atoms with van der Waals surface area (Å²) >= 11 is 0. The SMILES string of the molecule is COC1CCCCC1OC(=O)C(C)(C)OC(C)COC(=O)OCOC(C)=O. The molecule has 1 saturated carbocycles. The van der Waals surface area contributed by atoms with Crippen LogP contribution in [0, 0.1) is 0 Å². The van der Waals surface area contributed by atoms with E-state index in [0.29, 0.717) is 0 Å². The van der Waals surface area contributed by atoms with Crippen molar-refractivity contribution >= 4 is 18.1 Å². The summed E-state index contributed by atoms with van der Waals surface area (Å²) < 4.78 is 30.5. The van der Waals surface area contributed by atoms with E-state index in [9.17, 15) is 14.4 Å². The van der Waals surface area contributed by atoms with Crippen LogP contribution in [0.5, 0.6) is 0 Å². The van der Waals surface area contributed by atoms with Crippen LogP contribution in [-0.4, -0.2) is 62.5 Å². The maximum atomic E-state index is 12.5. The molecule has 0 spiro atoms. The molecule has 27 heavy (non-hydrogen) atoms. The molecule has 0 saturated heterocycles. The monoisotopic (exact) mass is 390 g/mol. The average molecular weight is 390 g/mol. The Bertz CT molecular complexity index is 503. The molecule has 1 aliphatic rings. The van der Waals surface area contributed by atoms with Gasteiger partial charge in [0, 0.05) is 14.0 Å². The number of rotatable bonds is 9. The van der Waals surface area contributed by atoms with Gasteiger partial charge in [-0.3, -0.25) is 4.79 Å². The van der Waals surface area contributed by atoms with Crippen molar-refractivity contribution in [2.45, 2.75) is 77.3 Å². The Morgan fingerprint density at radius 3 is 2.26 bits per heavy atom. The first-order valence-corrected chi connectivity index (χ1v) is 9.00. The highest BCUT2D eigenvalue weighted by Crippen LogP contribution is 2.26. The van der Waals surface area contributed by atoms with E-state index in [1.54, 1.807) is 27.9 Å². The molecule has 156 valence electrons. The minimum Gasteiger partial charge on any atom is -0.457 e. The summed E-state index contributed by atoms with van der Waals surface area (Å²) in [6.45, 7) is 5.36. The van der Waals surface area contributed by atoms with Crippen LogP contribution in [0.2, 0.25) is 0 Å². The van der Waals surface area contributed by atoms with Crippen LogP contribution in [0.3, 0.4) is 0 Å². The molecule has 0 aromatic rings. The predicted octanol–water partition coefficient (Wildman–Crippen LogP) is 2.34. The summed E-state index contributed by atoms with van der Waals surface area (Å²) in [7, 11) is 1.61. The van der Waals surface area contributed by atoms with Gasteiger partial charge in [-0.15, -0.1) is 0 Å². The van der Waals surface area contributed by atoms with Gasteiger partial charge in [0.15, 0.2) is 5.60 Å². The van der Waals surface area contributed by atoms with E-state index in [2.05, 4.69) is 9.47 Å². The fraction of sp³-hybridized carbons (Fsp3) is 0.833. The van der Waals surface area contributed by atoms with Crippen LogP contribution >= 0.6 is 0 Å². The zero-order valence-corrected chi connectivity index (χ0v) is 16.6. The summed E-state index contributed by atoms with van der Waals surface area (Å²) in [4.78, 5) is 34.4. The summed E-state index contributed by atoms with van der Waals surface area (Å²) in [6.07, 6.45) is 1.67. The smallest absolute Gasteiger partial charge is 0.457 e. The van der Waals surface area contributed by atoms with Gasteiger partial charge in [0.2, 0.25) is 6.79 Å². The summed E-state index contributed by atoms with van der Waals surface area (Å²) in [5.41, 5.74) is -1.22. The number of hydrogen-bond acceptors (Lipinski definition) is 9. The van der Waals surface area contributed by atoms with Crippen molar-refractivity contribution in [2.75, 3.05) is 20.5 Å². The largest absolute Gasteiger partial charge is 0.511 e. The molecule has 0 bridgehead atoms. The summed E-state index contributed by atoms with van der Waals surface area (Å²) in [6, 6.07) is 0. The molecule has 0 radical (unpaired) electrons. The van der Waals surface area contributed by atoms with Crippen molar-refractivity contribution in [2.24, 2.45) is 0 Å². The van der Waals surface area contributed by atoms with Crippen LogP contribution in [0.4, 0.5) is 4.79 Å². The van der Waals surface area contributed by atoms with E-state index in [1.165, 1.54) is 6.92 Å². The highest BCUT2D eigenvalue weighted by Gasteiger charge is 2.37. The van der Waals surface area contributed by atoms with Gasteiger partial charge in [0.05, 0.1) is 12.2 Å². The predicted molar refractivity (Wildman–Crippen MR) is 92.8 cm³/mol. The Morgan fingerprint density at radius 1 is 1.04 bits per heavy atom. The number of ether oxygens (including phenoxy) is 6. The minimum atomic E-state index is -1.22. The molecule has 0 amide bonds. The van der Waals surface area contributed by atoms with Crippen LogP contribution in [-0.2, 0) is 38.0 Å². The molecule has 0 aliphatic heterocycles. The quantitative estimate of drug-likeness (QED) is 0.333. The molecule has 3 unspecified atom stereocenters. The Kier molecular flexibility index (Phi) is 9.51. The molecule has 1 aliphatic carbocycles. The highest BCUT2D eigenvalue weighted by molar-refractivity contribution is 5.78. The van der Waals surface area contributed by atoms with Gasteiger partial charge in [-0.05, 0) is 40.0 Å². The van der Waals surface area contributed by atoms with E-state index in [0.717, 1.165) is 25.7 Å². The van der Waals surface area contributed by atoms with Crippen molar-refractivity contribution in [3.05, 3.63) is 0 Å². The maximum absolute atomic E-state index is 12.5. The average Bonchev–Trinajstić information content (AvgIpc) is 2.59. The molecular weight excluding hydrogens is 360 g/mol. The van der Waals surface area contributed by atoms with E-state index in [4.69, 9.17) is 18.9 Å². The zero-order valence-electron chi connectivity index (χ0n) is 16.6. The van der Waals surface area contributed by atoms with Crippen LogP contribution in [0.1, 0.15) is 53.4 Å². The van der Waals surface area contributed by atoms with Gasteiger partial charge in [0.1, 0.15) is 12.7 Å². The van der Waals surface area contributed by atoms with Crippen LogP contribution < -0.4 is 0 Å². The lowest BCUT2D eigenvalue weighted by atomic mass is 9.94. The second kappa shape index (κ2) is 11.1. The second-order valence-corrected chi connectivity index (χ2v) is 6.90. The fourth-order valence-electron chi connectivity index (χ4n) is 2.72. The Labute approximate surface area is 159 Å². The molecule has 0 aromatic heterocycles. The van der Waals surface area contributed by atoms with E-state index >= 15 is 0 Å². The van der Waals surface area contributed by atoms with Crippen LogP contribution in [0.15, 0.2) is 0 Å². The Hall–Kier alpha value is -1.87. The first-order valence-electron chi connectivity index (χ1n) is 9.00. The van der Waals surface area contributed by atoms with Gasteiger partial charge in [0.25, 0.3) is 0 Å². The third kappa shape index (κ3) is 8.57. The molecule has 1 rings (SSSR count). The number of carbonyl (C=O) groups is 3. The molecular formula is C18H30O9. The lowest BCUT2D eigenvalue weighted by Crippen LogP contribution is -2.45. The third-order valence-corrected chi connectivity index (χ3v) is 4.07. The van der Waals surface area contributed by atoms with E-state index in [1.807, 2.05) is 0 Å². The molecule has 9 nitrogen and oxygen atoms in total. The van der Waals surface area contributed by atoms with Gasteiger partial charge >= 0.3 is 18.1 Å². The van der Waals surface area contributed by atoms with Crippen molar-refractivity contribution in [3.8, 4) is 0 Å². The normalized spacial score (nSPS) is 21.1. The molecule has 0 heterocycles. The fourth-order valence-corrected chi connectivity index (χ4v) is 2.72. The topological polar surface area (TPSA) is 107 Å². The Balaban J connectivity index is 2.39. The van der Waals surface area contributed by atoms with Gasteiger partial charge in [-0.25, -0.2) is 9.59 Å². The van der Waals surface area contributed by atoms with Crippen molar-refractivity contribution in [3.63, 3.8) is 0 Å². The third-order valence-electron chi connectivity index (χ3n) is 4.07. The van der Waals surface area contributed by atoms with Crippen molar-refractivity contribution < 1.29 is 42.8 Å². The van der Waals surface area contributed by atoms with Gasteiger partial charge in [-0.2, -0.15) is 0 Å². The van der Waals surface area contributed by atoms with E-state index < -0.39 is 36.6 Å². The van der Waals surface area contributed by atoms with Crippen molar-refractivity contribution in [1.82, 2.24) is 0 Å². The molecule has 1 fully saturated rings. The lowest BCUT2D eigenvalue weighted by molar-refractivity contribution is -0.189. The van der Waals surface area contributed by atoms with Crippen LogP contribution in [0.25, 0.3) is 0 Å². The maximum Gasteiger partial charge on any atom is 0.511 e. The first-order chi connectivity index (χ1) is 12.7. The number of methoxy groups -OCH3 is 1. The standard InChI is InChI=1S/C18H30O9/c1-12(10-23-17(21)25-11-24-13(2)19)27-18(3,4)16(20)26-15-9-7-6-8-14(15)22-5/h12,14-15H,6-11H2,1-5H3. The number of hydrogen-bond donors (Lipinski definition) is 0. The second-order valence-electron chi connectivity index (χ2n) is 6.90. The van der Waals surface area contributed by atoms with Crippen molar-refractivity contribution in [1.29, 1.82) is 0 Å². The summed E-state index contributed by atoms with van der Waals surface area (Å²) in [5, 5.41) is 0. The lowest BCUT2D eigenvalue weighted by Gasteiger charge is -2.33. The number of esters is 2. The molecule has 9 heteroatoms. The molecule has 0 N–H and O–H groups in total. The van der Waals surface area contributed by atoms with Gasteiger partial charge < -0.3 is 28.4 Å². The highest BCUT2D eigenvalue weighted by atomic mass is 16.8. The van der Waals surface area contributed by atoms with E-state index in [-0.39, 0.29) is 18.8 Å². The summed E-state index contributed by atoms with van der Waals surface area (Å²) in [5.74, 6) is -1.07. The molecule has 0 aromatic carbocycles. The zero-order chi connectivity index (χ0) is 20.4.